The molecule has 0 bridgehead atoms. The monoisotopic (exact) mass is 252 g/mol. The molecule has 0 spiro atoms. The Labute approximate surface area is 114 Å². The van der Waals surface area contributed by atoms with Crippen molar-refractivity contribution in [3.05, 3.63) is 71.3 Å². The Kier molecular flexibility index (Phi) is 3.13. The van der Waals surface area contributed by atoms with Gasteiger partial charge in [-0.1, -0.05) is 60.2 Å². The fourth-order valence-corrected chi connectivity index (χ4v) is 3.07. The normalized spacial score (nSPS) is 18.0. The van der Waals surface area contributed by atoms with Gasteiger partial charge in [0, 0.05) is 5.41 Å². The predicted octanol–water partition coefficient (Wildman–Crippen LogP) is 3.23. The third-order valence-electron chi connectivity index (χ3n) is 4.23. The molecule has 1 atom stereocenters. The molecule has 1 fully saturated rings. The van der Waals surface area contributed by atoms with E-state index < -0.39 is 0 Å². The van der Waals surface area contributed by atoms with Crippen LogP contribution in [0.3, 0.4) is 0 Å². The van der Waals surface area contributed by atoms with Crippen LogP contribution in [0, 0.1) is 6.92 Å². The Bertz CT molecular complexity index is 558. The minimum atomic E-state index is 0.170. The van der Waals surface area contributed by atoms with Gasteiger partial charge in [-0.05, 0) is 30.9 Å². The molecule has 2 aromatic carbocycles. The highest BCUT2D eigenvalue weighted by molar-refractivity contribution is 5.39. The van der Waals surface area contributed by atoms with Gasteiger partial charge in [0.25, 0.3) is 0 Å². The van der Waals surface area contributed by atoms with Gasteiger partial charge < -0.3 is 0 Å². The first-order valence-corrected chi connectivity index (χ1v) is 6.84. The van der Waals surface area contributed by atoms with E-state index in [1.54, 1.807) is 0 Å². The third kappa shape index (κ3) is 2.18. The average Bonchev–Trinajstić information content (AvgIpc) is 3.22. The number of hydrogen-bond donors (Lipinski definition) is 2. The van der Waals surface area contributed by atoms with E-state index in [2.05, 4.69) is 66.9 Å². The van der Waals surface area contributed by atoms with Crippen molar-refractivity contribution in [1.29, 1.82) is 0 Å². The predicted molar refractivity (Wildman–Crippen MR) is 78.6 cm³/mol. The van der Waals surface area contributed by atoms with Gasteiger partial charge in [-0.3, -0.25) is 11.3 Å². The van der Waals surface area contributed by atoms with Gasteiger partial charge in [-0.2, -0.15) is 0 Å². The van der Waals surface area contributed by atoms with Crippen LogP contribution in [0.4, 0.5) is 0 Å². The smallest absolute Gasteiger partial charge is 0.0556 e. The number of nitrogens with two attached hydrogens (primary N) is 1. The number of hydrogen-bond acceptors (Lipinski definition) is 2. The molecule has 1 aliphatic rings. The van der Waals surface area contributed by atoms with Crippen molar-refractivity contribution in [3.63, 3.8) is 0 Å². The largest absolute Gasteiger partial charge is 0.271 e. The maximum Gasteiger partial charge on any atom is 0.0556 e. The van der Waals surface area contributed by atoms with E-state index >= 15 is 0 Å². The summed E-state index contributed by atoms with van der Waals surface area (Å²) < 4.78 is 0. The fraction of sp³-hybridized carbons (Fsp3) is 0.294. The molecule has 1 unspecified atom stereocenters. The lowest BCUT2D eigenvalue weighted by atomic mass is 9.84. The highest BCUT2D eigenvalue weighted by Crippen LogP contribution is 2.56. The van der Waals surface area contributed by atoms with Crippen LogP contribution in [0.1, 0.15) is 35.6 Å². The number of nitrogens with one attached hydrogen (secondary N) is 1. The van der Waals surface area contributed by atoms with Gasteiger partial charge in [-0.25, -0.2) is 0 Å². The zero-order chi connectivity index (χ0) is 13.3. The van der Waals surface area contributed by atoms with E-state index in [4.69, 9.17) is 5.84 Å². The van der Waals surface area contributed by atoms with E-state index in [-0.39, 0.29) is 11.5 Å². The lowest BCUT2D eigenvalue weighted by molar-refractivity contribution is 0.439. The molecule has 0 aromatic heterocycles. The minimum absolute atomic E-state index is 0.170. The summed E-state index contributed by atoms with van der Waals surface area (Å²) in [6.45, 7) is 2.12. The Morgan fingerprint density at radius 1 is 1.05 bits per heavy atom. The molecule has 0 radical (unpaired) electrons. The molecule has 1 aliphatic carbocycles. The molecule has 19 heavy (non-hydrogen) atoms. The summed E-state index contributed by atoms with van der Waals surface area (Å²) in [5.41, 5.74) is 7.17. The van der Waals surface area contributed by atoms with E-state index in [0.29, 0.717) is 0 Å². The van der Waals surface area contributed by atoms with E-state index in [1.807, 2.05) is 0 Å². The molecule has 3 N–H and O–H groups in total. The zero-order valence-corrected chi connectivity index (χ0v) is 11.3. The number of aryl methyl sites for hydroxylation is 1. The molecule has 98 valence electrons. The first-order chi connectivity index (χ1) is 9.26. The maximum atomic E-state index is 5.87. The highest BCUT2D eigenvalue weighted by Gasteiger charge is 2.50. The molecule has 0 amide bonds. The van der Waals surface area contributed by atoms with Gasteiger partial charge in [0.2, 0.25) is 0 Å². The fourth-order valence-electron chi connectivity index (χ4n) is 3.07. The Morgan fingerprint density at radius 3 is 2.37 bits per heavy atom. The van der Waals surface area contributed by atoms with Gasteiger partial charge in [0.1, 0.15) is 0 Å². The lowest BCUT2D eigenvalue weighted by Crippen LogP contribution is -2.36. The van der Waals surface area contributed by atoms with Crippen LogP contribution < -0.4 is 11.3 Å². The molecule has 2 heteroatoms. The van der Waals surface area contributed by atoms with E-state index in [1.165, 1.54) is 29.5 Å². The van der Waals surface area contributed by atoms with E-state index in [9.17, 15) is 0 Å². The van der Waals surface area contributed by atoms with Crippen molar-refractivity contribution in [2.75, 3.05) is 0 Å². The van der Waals surface area contributed by atoms with Crippen molar-refractivity contribution in [3.8, 4) is 0 Å². The van der Waals surface area contributed by atoms with Crippen LogP contribution in [0.5, 0.6) is 0 Å². The lowest BCUT2D eigenvalue weighted by Gasteiger charge is -2.27. The minimum Gasteiger partial charge on any atom is -0.271 e. The molecule has 3 rings (SSSR count). The highest BCUT2D eigenvalue weighted by atomic mass is 15.2. The molecular formula is C17H20N2. The SMILES string of the molecule is Cc1cccc(C(NN)C2(c3ccccc3)CC2)c1. The van der Waals surface area contributed by atoms with Gasteiger partial charge >= 0.3 is 0 Å². The Morgan fingerprint density at radius 2 is 1.79 bits per heavy atom. The van der Waals surface area contributed by atoms with Crippen LogP contribution >= 0.6 is 0 Å². The van der Waals surface area contributed by atoms with Crippen molar-refractivity contribution in [2.45, 2.75) is 31.2 Å². The third-order valence-corrected chi connectivity index (χ3v) is 4.23. The summed E-state index contributed by atoms with van der Waals surface area (Å²) in [6.07, 6.45) is 2.39. The number of hydrazine groups is 1. The molecule has 0 heterocycles. The van der Waals surface area contributed by atoms with Crippen LogP contribution in [0.25, 0.3) is 0 Å². The molecule has 0 aliphatic heterocycles. The number of benzene rings is 2. The van der Waals surface area contributed by atoms with Gasteiger partial charge in [-0.15, -0.1) is 0 Å². The topological polar surface area (TPSA) is 38.0 Å². The molecular weight excluding hydrogens is 232 g/mol. The summed E-state index contributed by atoms with van der Waals surface area (Å²) in [6, 6.07) is 19.5. The number of rotatable bonds is 4. The van der Waals surface area contributed by atoms with E-state index in [0.717, 1.165) is 0 Å². The first kappa shape index (κ1) is 12.4. The van der Waals surface area contributed by atoms with Crippen molar-refractivity contribution >= 4 is 0 Å². The van der Waals surface area contributed by atoms with Crippen molar-refractivity contribution in [1.82, 2.24) is 5.43 Å². The maximum absolute atomic E-state index is 5.87. The Hall–Kier alpha value is -1.64. The zero-order valence-electron chi connectivity index (χ0n) is 11.3. The Balaban J connectivity index is 1.99. The van der Waals surface area contributed by atoms with Crippen LogP contribution in [0.2, 0.25) is 0 Å². The molecule has 2 nitrogen and oxygen atoms in total. The molecule has 2 aromatic rings. The second-order valence-electron chi connectivity index (χ2n) is 5.54. The quantitative estimate of drug-likeness (QED) is 0.647. The first-order valence-electron chi connectivity index (χ1n) is 6.84. The van der Waals surface area contributed by atoms with Crippen LogP contribution in [0.15, 0.2) is 54.6 Å². The summed E-state index contributed by atoms with van der Waals surface area (Å²) in [5, 5.41) is 0. The standard InChI is InChI=1S/C17H20N2/c1-13-6-5-7-14(12-13)16(19-18)17(10-11-17)15-8-3-2-4-9-15/h2-9,12,16,19H,10-11,18H2,1H3. The van der Waals surface area contributed by atoms with Gasteiger partial charge in [0.05, 0.1) is 6.04 Å². The second-order valence-corrected chi connectivity index (χ2v) is 5.54. The summed E-state index contributed by atoms with van der Waals surface area (Å²) >= 11 is 0. The van der Waals surface area contributed by atoms with Crippen molar-refractivity contribution < 1.29 is 0 Å². The summed E-state index contributed by atoms with van der Waals surface area (Å²) in [5.74, 6) is 5.87. The second kappa shape index (κ2) is 4.80. The average molecular weight is 252 g/mol. The molecule has 0 saturated heterocycles. The summed E-state index contributed by atoms with van der Waals surface area (Å²) in [7, 11) is 0. The summed E-state index contributed by atoms with van der Waals surface area (Å²) in [4.78, 5) is 0. The van der Waals surface area contributed by atoms with Crippen LogP contribution in [-0.2, 0) is 5.41 Å². The van der Waals surface area contributed by atoms with Crippen molar-refractivity contribution in [2.24, 2.45) is 5.84 Å². The van der Waals surface area contributed by atoms with Crippen LogP contribution in [-0.4, -0.2) is 0 Å². The molecule has 1 saturated carbocycles. The van der Waals surface area contributed by atoms with Gasteiger partial charge in [0.15, 0.2) is 0 Å².